The summed E-state index contributed by atoms with van der Waals surface area (Å²) < 4.78 is 15.0. The minimum absolute atomic E-state index is 0.500. The Bertz CT molecular complexity index is 2100. The molecule has 0 fully saturated rings. The number of halogens is 1. The molecule has 0 atom stereocenters. The summed E-state index contributed by atoms with van der Waals surface area (Å²) in [6, 6.07) is 69.2. The van der Waals surface area contributed by atoms with E-state index in [0.29, 0.717) is 5.95 Å². The van der Waals surface area contributed by atoms with Crippen LogP contribution in [0.15, 0.2) is 194 Å². The fraction of sp³-hybridized carbons (Fsp3) is 0. The van der Waals surface area contributed by atoms with Gasteiger partial charge in [-0.1, -0.05) is 133 Å². The summed E-state index contributed by atoms with van der Waals surface area (Å²) >= 11 is 0. The summed E-state index contributed by atoms with van der Waals surface area (Å²) in [6.45, 7) is 0. The van der Waals surface area contributed by atoms with Crippen LogP contribution in [0.2, 0.25) is 1.41 Å². The largest absolute Gasteiger partial charge is 0.310 e. The molecule has 0 aliphatic heterocycles. The van der Waals surface area contributed by atoms with Crippen molar-refractivity contribution in [1.82, 2.24) is 0 Å². The maximum Gasteiger partial charge on any atom is 0.157 e. The van der Waals surface area contributed by atoms with Gasteiger partial charge >= 0.3 is 0 Å². The summed E-state index contributed by atoms with van der Waals surface area (Å²) in [4.78, 5) is 4.69. The van der Waals surface area contributed by atoms with Crippen molar-refractivity contribution < 1.29 is 5.89 Å². The molecule has 8 aromatic carbocycles. The average Bonchev–Trinajstić information content (AvgIpc) is 3.17. The third-order valence-electron chi connectivity index (χ3n) is 8.63. The third kappa shape index (κ3) is 6.01. The van der Waals surface area contributed by atoms with Gasteiger partial charge in [-0.2, -0.15) is 5.95 Å². The zero-order valence-electron chi connectivity index (χ0n) is 27.2. The van der Waals surface area contributed by atoms with Crippen LogP contribution in [0.5, 0.6) is 0 Å². The molecule has 0 aliphatic rings. The lowest BCUT2D eigenvalue weighted by Crippen LogP contribution is -2.10. The zero-order chi connectivity index (χ0) is 33.4. The van der Waals surface area contributed by atoms with Crippen molar-refractivity contribution >= 4 is 55.7 Å². The van der Waals surface area contributed by atoms with E-state index in [9.17, 15) is 4.48 Å². The Balaban J connectivity index is 0.00000122. The van der Waals surface area contributed by atoms with Crippen LogP contribution in [-0.2, 0) is 0 Å². The van der Waals surface area contributed by atoms with Crippen molar-refractivity contribution in [1.29, 1.82) is 0 Å². The van der Waals surface area contributed by atoms with Gasteiger partial charge in [0.1, 0.15) is 0 Å². The number of fused-ring (bicyclic) bond motifs is 2. The molecule has 0 aromatic heterocycles. The first-order valence-electron chi connectivity index (χ1n) is 16.4. The van der Waals surface area contributed by atoms with Gasteiger partial charge in [-0.15, -0.1) is 4.48 Å². The first-order chi connectivity index (χ1) is 24.2. The molecule has 8 rings (SSSR count). The van der Waals surface area contributed by atoms with E-state index in [0.717, 1.165) is 34.1 Å². The molecule has 0 unspecified atom stereocenters. The van der Waals surface area contributed by atoms with E-state index < -0.39 is 0 Å². The van der Waals surface area contributed by atoms with Crippen LogP contribution in [0.4, 0.5) is 38.6 Å². The fourth-order valence-electron chi connectivity index (χ4n) is 6.42. The number of anilines is 6. The molecule has 0 saturated carbocycles. The highest BCUT2D eigenvalue weighted by atomic mass is 19.2. The van der Waals surface area contributed by atoms with Gasteiger partial charge in [-0.3, -0.25) is 0 Å². The molecule has 0 bridgehead atoms. The highest BCUT2D eigenvalue weighted by Crippen LogP contribution is 2.41. The van der Waals surface area contributed by atoms with Gasteiger partial charge in [0.25, 0.3) is 0 Å². The van der Waals surface area contributed by atoms with E-state index >= 15 is 0 Å². The molecule has 0 spiro atoms. The monoisotopic (exact) mass is 624 g/mol. The van der Waals surface area contributed by atoms with Crippen LogP contribution < -0.4 is 15.7 Å². The zero-order valence-corrected chi connectivity index (χ0v) is 26.2. The molecule has 0 saturated heterocycles. The minimum Gasteiger partial charge on any atom is -0.310 e. The van der Waals surface area contributed by atoms with Crippen molar-refractivity contribution in [2.24, 2.45) is 5.95 Å². The lowest BCUT2D eigenvalue weighted by molar-refractivity contribution is 0.530. The van der Waals surface area contributed by atoms with Crippen molar-refractivity contribution in [3.63, 3.8) is 0 Å². The molecule has 0 amide bonds. The molecular weight excluding hydrogens is 590 g/mol. The van der Waals surface area contributed by atoms with Crippen molar-refractivity contribution in [3.8, 4) is 11.1 Å². The summed E-state index contributed by atoms with van der Waals surface area (Å²) in [5.41, 5.74) is 9.18. The Morgan fingerprint density at radius 2 is 0.667 bits per heavy atom. The van der Waals surface area contributed by atoms with Gasteiger partial charge < -0.3 is 9.80 Å². The minimum atomic E-state index is 0.500. The second kappa shape index (κ2) is 14.0. The molecule has 0 aliphatic carbocycles. The van der Waals surface area contributed by atoms with Crippen molar-refractivity contribution in [3.05, 3.63) is 194 Å². The summed E-state index contributed by atoms with van der Waals surface area (Å²) in [5.74, 6) is 0.500. The predicted molar refractivity (Wildman–Crippen MR) is 202 cm³/mol. The number of benzene rings is 8. The molecule has 4 heteroatoms. The van der Waals surface area contributed by atoms with Crippen LogP contribution in [0, 0.1) is 0 Å². The molecular formula is C44H34FN3. The number of para-hydroxylation sites is 2. The van der Waals surface area contributed by atoms with Crippen LogP contribution >= 0.6 is 0 Å². The van der Waals surface area contributed by atoms with Gasteiger partial charge in [0.05, 0.1) is 11.4 Å². The van der Waals surface area contributed by atoms with Gasteiger partial charge in [-0.25, -0.2) is 0 Å². The normalized spacial score (nSPS) is 11.0. The second-order valence-corrected chi connectivity index (χ2v) is 11.4. The van der Waals surface area contributed by atoms with Crippen molar-refractivity contribution in [2.75, 3.05) is 9.80 Å². The summed E-state index contributed by atoms with van der Waals surface area (Å²) in [7, 11) is 0. The number of hydrogen-bond donors (Lipinski definition) is 1. The van der Waals surface area contributed by atoms with Crippen LogP contribution in [0.25, 0.3) is 32.7 Å². The topological polar surface area (TPSA) is 32.5 Å². The summed E-state index contributed by atoms with van der Waals surface area (Å²) in [6.07, 6.45) is 0. The van der Waals surface area contributed by atoms with Gasteiger partial charge in [0, 0.05) is 33.5 Å². The average molecular weight is 625 g/mol. The lowest BCUT2D eigenvalue weighted by Gasteiger charge is -2.27. The maximum absolute atomic E-state index is 9.71. The third-order valence-corrected chi connectivity index (χ3v) is 8.63. The van der Waals surface area contributed by atoms with Gasteiger partial charge in [0.15, 0.2) is 1.41 Å². The van der Waals surface area contributed by atoms with E-state index in [1.54, 1.807) is 0 Å². The van der Waals surface area contributed by atoms with E-state index in [2.05, 4.69) is 204 Å². The summed E-state index contributed by atoms with van der Waals surface area (Å²) in [5, 5.41) is 4.90. The van der Waals surface area contributed by atoms with Gasteiger partial charge in [0.2, 0.25) is 0 Å². The molecule has 2 N–H and O–H groups in total. The highest BCUT2D eigenvalue weighted by molar-refractivity contribution is 6.00. The SMILES string of the molecule is [2H]NF.c1ccc(N(c2ccc(-c3ccc(N(c4ccccc4)c4cccc5ccccc45)cc3)cc2)c2cccc3ccccc23)cc1. The number of hydrogen-bond acceptors (Lipinski definition) is 3. The first-order valence-corrected chi connectivity index (χ1v) is 15.9. The van der Waals surface area contributed by atoms with Crippen molar-refractivity contribution in [2.45, 2.75) is 0 Å². The Labute approximate surface area is 282 Å². The Kier molecular flexibility index (Phi) is 8.54. The molecule has 232 valence electrons. The van der Waals surface area contributed by atoms with E-state index in [-0.39, 0.29) is 0 Å². The first kappa shape index (κ1) is 29.2. The lowest BCUT2D eigenvalue weighted by atomic mass is 10.0. The maximum atomic E-state index is 9.71. The van der Waals surface area contributed by atoms with Crippen LogP contribution in [-0.4, -0.2) is 0 Å². The molecule has 3 nitrogen and oxygen atoms in total. The van der Waals surface area contributed by atoms with E-state index in [1.807, 2.05) is 0 Å². The van der Waals surface area contributed by atoms with E-state index in [1.165, 1.54) is 32.7 Å². The smallest absolute Gasteiger partial charge is 0.157 e. The quantitative estimate of drug-likeness (QED) is 0.179. The Morgan fingerprint density at radius 1 is 0.354 bits per heavy atom. The second-order valence-electron chi connectivity index (χ2n) is 11.4. The predicted octanol–water partition coefficient (Wildman–Crippen LogP) is 12.4. The molecule has 48 heavy (non-hydrogen) atoms. The Hall–Kier alpha value is -6.23. The van der Waals surface area contributed by atoms with Gasteiger partial charge in [-0.05, 0) is 82.6 Å². The van der Waals surface area contributed by atoms with Crippen LogP contribution in [0.1, 0.15) is 0 Å². The number of rotatable bonds is 7. The standard InChI is InChI=1S/C44H32N2.FH2N/c1-3-17-37(18-4-1)45(43-23-11-15-35-13-7-9-21-41(35)43)39-29-25-33(26-30-39)34-27-31-40(32-28-34)46(38-19-5-2-6-20-38)44-24-12-16-36-14-8-10-22-42(36)44;1-2/h1-32H;2H2/i;2D. The Morgan fingerprint density at radius 3 is 1.06 bits per heavy atom. The van der Waals surface area contributed by atoms with E-state index in [4.69, 9.17) is 1.41 Å². The number of nitrogens with two attached hydrogens (primary N) is 1. The highest BCUT2D eigenvalue weighted by Gasteiger charge is 2.17. The molecule has 0 radical (unpaired) electrons. The van der Waals surface area contributed by atoms with Crippen LogP contribution in [0.3, 0.4) is 0 Å². The molecule has 8 aromatic rings. The molecule has 0 heterocycles. The number of nitrogens with zero attached hydrogens (tertiary/aromatic N) is 2. The fourth-order valence-corrected chi connectivity index (χ4v) is 6.42.